The van der Waals surface area contributed by atoms with Gasteiger partial charge in [-0.05, 0) is 33.0 Å². The van der Waals surface area contributed by atoms with Gasteiger partial charge in [-0.25, -0.2) is 0 Å². The van der Waals surface area contributed by atoms with Crippen molar-refractivity contribution >= 4 is 17.6 Å². The summed E-state index contributed by atoms with van der Waals surface area (Å²) in [6.45, 7) is 3.08. The molecule has 2 N–H and O–H groups in total. The lowest BCUT2D eigenvalue weighted by molar-refractivity contribution is -0.148. The standard InChI is InChI=1S/C14H20N2O4/c1-14(2,13(18)19)16(3)9-12(17)15-10-6-5-7-11(8-10)20-4/h5-8H,9H2,1-4H3,(H,15,17)(H,18,19). The van der Waals surface area contributed by atoms with Crippen LogP contribution < -0.4 is 10.1 Å². The molecule has 0 bridgehead atoms. The van der Waals surface area contributed by atoms with E-state index in [1.165, 1.54) is 4.90 Å². The van der Waals surface area contributed by atoms with E-state index in [2.05, 4.69) is 5.32 Å². The van der Waals surface area contributed by atoms with Crippen molar-refractivity contribution in [1.82, 2.24) is 4.90 Å². The maximum atomic E-state index is 11.9. The van der Waals surface area contributed by atoms with Gasteiger partial charge in [0, 0.05) is 11.8 Å². The Bertz CT molecular complexity index is 500. The van der Waals surface area contributed by atoms with Gasteiger partial charge in [-0.15, -0.1) is 0 Å². The zero-order valence-corrected chi connectivity index (χ0v) is 12.1. The van der Waals surface area contributed by atoms with Crippen LogP contribution in [-0.2, 0) is 9.59 Å². The first-order valence-electron chi connectivity index (χ1n) is 6.16. The third-order valence-corrected chi connectivity index (χ3v) is 3.21. The number of aliphatic carboxylic acids is 1. The zero-order chi connectivity index (χ0) is 15.3. The van der Waals surface area contributed by atoms with E-state index < -0.39 is 11.5 Å². The minimum absolute atomic E-state index is 0.0174. The van der Waals surface area contributed by atoms with Gasteiger partial charge >= 0.3 is 5.97 Å². The molecule has 110 valence electrons. The second-order valence-corrected chi connectivity index (χ2v) is 5.00. The molecule has 0 atom stereocenters. The third-order valence-electron chi connectivity index (χ3n) is 3.21. The molecule has 20 heavy (non-hydrogen) atoms. The number of rotatable bonds is 6. The highest BCUT2D eigenvalue weighted by atomic mass is 16.5. The number of ether oxygens (including phenoxy) is 1. The van der Waals surface area contributed by atoms with E-state index in [0.29, 0.717) is 11.4 Å². The van der Waals surface area contributed by atoms with Gasteiger partial charge < -0.3 is 15.2 Å². The largest absolute Gasteiger partial charge is 0.497 e. The molecular weight excluding hydrogens is 260 g/mol. The van der Waals surface area contributed by atoms with Crippen LogP contribution in [0.4, 0.5) is 5.69 Å². The lowest BCUT2D eigenvalue weighted by Gasteiger charge is -2.30. The van der Waals surface area contributed by atoms with E-state index in [1.807, 2.05) is 0 Å². The fraction of sp³-hybridized carbons (Fsp3) is 0.429. The number of carboxylic acids is 1. The highest BCUT2D eigenvalue weighted by Gasteiger charge is 2.32. The number of carbonyl (C=O) groups excluding carboxylic acids is 1. The average molecular weight is 280 g/mol. The highest BCUT2D eigenvalue weighted by Crippen LogP contribution is 2.17. The van der Waals surface area contributed by atoms with Gasteiger partial charge in [0.25, 0.3) is 0 Å². The first kappa shape index (κ1) is 16.0. The summed E-state index contributed by atoms with van der Waals surface area (Å²) in [4.78, 5) is 24.5. The van der Waals surface area contributed by atoms with Crippen LogP contribution in [-0.4, -0.2) is 48.1 Å². The van der Waals surface area contributed by atoms with E-state index >= 15 is 0 Å². The van der Waals surface area contributed by atoms with Crippen LogP contribution in [0.5, 0.6) is 5.75 Å². The quantitative estimate of drug-likeness (QED) is 0.824. The summed E-state index contributed by atoms with van der Waals surface area (Å²) >= 11 is 0. The van der Waals surface area contributed by atoms with Gasteiger partial charge in [-0.2, -0.15) is 0 Å². The van der Waals surface area contributed by atoms with Gasteiger partial charge in [0.05, 0.1) is 13.7 Å². The number of methoxy groups -OCH3 is 1. The Kier molecular flexibility index (Phi) is 5.10. The Morgan fingerprint density at radius 1 is 1.40 bits per heavy atom. The van der Waals surface area contributed by atoms with Gasteiger partial charge in [-0.1, -0.05) is 6.07 Å². The van der Waals surface area contributed by atoms with Crippen LogP contribution in [0, 0.1) is 0 Å². The molecule has 0 heterocycles. The van der Waals surface area contributed by atoms with Crippen molar-refractivity contribution in [3.8, 4) is 5.75 Å². The molecule has 1 aromatic rings. The maximum absolute atomic E-state index is 11.9. The van der Waals surface area contributed by atoms with Crippen molar-refractivity contribution in [3.05, 3.63) is 24.3 Å². The summed E-state index contributed by atoms with van der Waals surface area (Å²) in [6, 6.07) is 6.97. The summed E-state index contributed by atoms with van der Waals surface area (Å²) in [5, 5.41) is 11.8. The average Bonchev–Trinajstić information content (AvgIpc) is 2.38. The number of carboxylic acid groups (broad SMARTS) is 1. The van der Waals surface area contributed by atoms with Gasteiger partial charge in [-0.3, -0.25) is 14.5 Å². The van der Waals surface area contributed by atoms with E-state index in [-0.39, 0.29) is 12.5 Å². The van der Waals surface area contributed by atoms with Gasteiger partial charge in [0.2, 0.25) is 5.91 Å². The number of likely N-dealkylation sites (N-methyl/N-ethyl adjacent to an activating group) is 1. The fourth-order valence-corrected chi connectivity index (χ4v) is 1.48. The molecule has 0 saturated heterocycles. The van der Waals surface area contributed by atoms with Gasteiger partial charge in [0.15, 0.2) is 0 Å². The number of nitrogens with zero attached hydrogens (tertiary/aromatic N) is 1. The van der Waals surface area contributed by atoms with E-state index in [0.717, 1.165) is 0 Å². The maximum Gasteiger partial charge on any atom is 0.323 e. The molecule has 0 saturated carbocycles. The number of benzene rings is 1. The molecular formula is C14H20N2O4. The molecule has 0 aliphatic rings. The number of carbonyl (C=O) groups is 2. The summed E-state index contributed by atoms with van der Waals surface area (Å²) in [6.07, 6.45) is 0. The number of nitrogens with one attached hydrogen (secondary N) is 1. The van der Waals surface area contributed by atoms with Crippen molar-refractivity contribution < 1.29 is 19.4 Å². The molecule has 0 radical (unpaired) electrons. The highest BCUT2D eigenvalue weighted by molar-refractivity contribution is 5.93. The first-order valence-corrected chi connectivity index (χ1v) is 6.16. The zero-order valence-electron chi connectivity index (χ0n) is 12.1. The van der Waals surface area contributed by atoms with Crippen LogP contribution in [0.1, 0.15) is 13.8 Å². The van der Waals surface area contributed by atoms with Crippen LogP contribution in [0.3, 0.4) is 0 Å². The topological polar surface area (TPSA) is 78.9 Å². The number of hydrogen-bond donors (Lipinski definition) is 2. The molecule has 6 heteroatoms. The summed E-state index contributed by atoms with van der Waals surface area (Å²) in [5.41, 5.74) is -0.498. The molecule has 0 spiro atoms. The van der Waals surface area contributed by atoms with E-state index in [9.17, 15) is 9.59 Å². The number of hydrogen-bond acceptors (Lipinski definition) is 4. The SMILES string of the molecule is COc1cccc(NC(=O)CN(C)C(C)(C)C(=O)O)c1. The lowest BCUT2D eigenvalue weighted by atomic mass is 10.0. The molecule has 1 aromatic carbocycles. The van der Waals surface area contributed by atoms with Crippen molar-refractivity contribution in [2.75, 3.05) is 26.0 Å². The minimum Gasteiger partial charge on any atom is -0.497 e. The van der Waals surface area contributed by atoms with Crippen molar-refractivity contribution in [3.63, 3.8) is 0 Å². The van der Waals surface area contributed by atoms with E-state index in [1.54, 1.807) is 52.3 Å². The Morgan fingerprint density at radius 2 is 2.05 bits per heavy atom. The molecule has 1 amide bonds. The van der Waals surface area contributed by atoms with Crippen molar-refractivity contribution in [1.29, 1.82) is 0 Å². The second-order valence-electron chi connectivity index (χ2n) is 5.00. The van der Waals surface area contributed by atoms with Crippen molar-refractivity contribution in [2.45, 2.75) is 19.4 Å². The molecule has 0 aromatic heterocycles. The summed E-state index contributed by atoms with van der Waals surface area (Å²) < 4.78 is 5.06. The molecule has 0 aliphatic carbocycles. The monoisotopic (exact) mass is 280 g/mol. The number of anilines is 1. The van der Waals surface area contributed by atoms with E-state index in [4.69, 9.17) is 9.84 Å². The second kappa shape index (κ2) is 6.38. The first-order chi connectivity index (χ1) is 9.27. The molecule has 6 nitrogen and oxygen atoms in total. The molecule has 1 rings (SSSR count). The Hall–Kier alpha value is -2.08. The summed E-state index contributed by atoms with van der Waals surface area (Å²) in [7, 11) is 3.14. The van der Waals surface area contributed by atoms with Crippen LogP contribution in [0.2, 0.25) is 0 Å². The lowest BCUT2D eigenvalue weighted by Crippen LogP contribution is -2.50. The third kappa shape index (κ3) is 3.96. The fourth-order valence-electron chi connectivity index (χ4n) is 1.48. The Balaban J connectivity index is 2.66. The smallest absolute Gasteiger partial charge is 0.323 e. The molecule has 0 fully saturated rings. The molecule has 0 unspecified atom stereocenters. The van der Waals surface area contributed by atoms with Crippen LogP contribution >= 0.6 is 0 Å². The van der Waals surface area contributed by atoms with Crippen LogP contribution in [0.25, 0.3) is 0 Å². The Morgan fingerprint density at radius 3 is 2.60 bits per heavy atom. The predicted octanol–water partition coefficient (Wildman–Crippen LogP) is 1.43. The summed E-state index contributed by atoms with van der Waals surface area (Å²) in [5.74, 6) is -0.619. The minimum atomic E-state index is -1.11. The molecule has 0 aliphatic heterocycles. The normalized spacial score (nSPS) is 11.2. The van der Waals surface area contributed by atoms with Crippen molar-refractivity contribution in [2.24, 2.45) is 0 Å². The Labute approximate surface area is 118 Å². The van der Waals surface area contributed by atoms with Gasteiger partial charge in [0.1, 0.15) is 11.3 Å². The predicted molar refractivity (Wildman–Crippen MR) is 76.0 cm³/mol. The number of amides is 1. The van der Waals surface area contributed by atoms with Crippen LogP contribution in [0.15, 0.2) is 24.3 Å².